The van der Waals surface area contributed by atoms with Gasteiger partial charge in [0.25, 0.3) is 5.91 Å². The molecule has 4 nitrogen and oxygen atoms in total. The van der Waals surface area contributed by atoms with Crippen LogP contribution in [-0.4, -0.2) is 16.9 Å². The largest absolute Gasteiger partial charge is 0.380 e. The summed E-state index contributed by atoms with van der Waals surface area (Å²) >= 11 is 3.39. The van der Waals surface area contributed by atoms with Crippen molar-refractivity contribution >= 4 is 27.5 Å². The molecule has 0 spiro atoms. The highest BCUT2D eigenvalue weighted by molar-refractivity contribution is 9.10. The maximum atomic E-state index is 12.1. The maximum Gasteiger partial charge on any atom is 0.251 e. The monoisotopic (exact) mass is 361 g/mol. The average molecular weight is 362 g/mol. The predicted molar refractivity (Wildman–Crippen MR) is 92.9 cm³/mol. The Bertz CT molecular complexity index is 645. The second kappa shape index (κ2) is 7.94. The van der Waals surface area contributed by atoms with Gasteiger partial charge >= 0.3 is 0 Å². The van der Waals surface area contributed by atoms with Crippen LogP contribution in [0.5, 0.6) is 0 Å². The van der Waals surface area contributed by atoms with E-state index in [1.807, 2.05) is 37.3 Å². The molecule has 2 aromatic rings. The third-order valence-electron chi connectivity index (χ3n) is 3.38. The van der Waals surface area contributed by atoms with Crippen molar-refractivity contribution < 1.29 is 4.79 Å². The van der Waals surface area contributed by atoms with Crippen LogP contribution in [0.2, 0.25) is 0 Å². The molecular weight excluding hydrogens is 342 g/mol. The molecule has 2 N–H and O–H groups in total. The molecule has 116 valence electrons. The zero-order valence-electron chi connectivity index (χ0n) is 12.8. The van der Waals surface area contributed by atoms with E-state index in [1.165, 1.54) is 0 Å². The summed E-state index contributed by atoms with van der Waals surface area (Å²) in [6.07, 6.45) is 4.43. The van der Waals surface area contributed by atoms with Crippen molar-refractivity contribution in [3.63, 3.8) is 0 Å². The van der Waals surface area contributed by atoms with Gasteiger partial charge in [-0.1, -0.05) is 19.1 Å². The molecule has 0 radical (unpaired) electrons. The molecule has 22 heavy (non-hydrogen) atoms. The molecule has 0 aliphatic carbocycles. The van der Waals surface area contributed by atoms with Crippen molar-refractivity contribution in [1.29, 1.82) is 0 Å². The zero-order chi connectivity index (χ0) is 15.9. The number of pyridine rings is 1. The van der Waals surface area contributed by atoms with Crippen LogP contribution in [0.3, 0.4) is 0 Å². The van der Waals surface area contributed by atoms with Crippen molar-refractivity contribution in [1.82, 2.24) is 10.3 Å². The number of hydrogen-bond acceptors (Lipinski definition) is 3. The fourth-order valence-electron chi connectivity index (χ4n) is 1.94. The van der Waals surface area contributed by atoms with Gasteiger partial charge in [-0.2, -0.15) is 0 Å². The van der Waals surface area contributed by atoms with Gasteiger partial charge in [-0.05, 0) is 53.0 Å². The molecular formula is C17H20BrN3O. The lowest BCUT2D eigenvalue weighted by atomic mass is 10.1. The average Bonchev–Trinajstić information content (AvgIpc) is 2.53. The number of carbonyl (C=O) groups excluding carboxylic acids is 1. The normalized spacial score (nSPS) is 11.8. The zero-order valence-corrected chi connectivity index (χ0v) is 14.4. The number of nitrogens with one attached hydrogen (secondary N) is 2. The second-order valence-corrected chi connectivity index (χ2v) is 6.14. The number of hydrogen-bond donors (Lipinski definition) is 2. The summed E-state index contributed by atoms with van der Waals surface area (Å²) in [6, 6.07) is 9.80. The third kappa shape index (κ3) is 4.84. The minimum absolute atomic E-state index is 0.0275. The molecule has 1 atom stereocenters. The number of halogens is 1. The Labute approximate surface area is 139 Å². The highest BCUT2D eigenvalue weighted by Gasteiger charge is 2.08. The summed E-state index contributed by atoms with van der Waals surface area (Å²) in [6.45, 7) is 4.70. The third-order valence-corrected chi connectivity index (χ3v) is 3.81. The van der Waals surface area contributed by atoms with Gasteiger partial charge in [0, 0.05) is 28.8 Å². The number of aromatic nitrogens is 1. The number of benzene rings is 1. The number of rotatable bonds is 6. The van der Waals surface area contributed by atoms with Crippen LogP contribution in [0, 0.1) is 0 Å². The minimum atomic E-state index is -0.0275. The summed E-state index contributed by atoms with van der Waals surface area (Å²) < 4.78 is 0.930. The Morgan fingerprint density at radius 2 is 2.14 bits per heavy atom. The van der Waals surface area contributed by atoms with Gasteiger partial charge in [0.05, 0.1) is 11.9 Å². The lowest BCUT2D eigenvalue weighted by Gasteiger charge is -2.12. The van der Waals surface area contributed by atoms with Crippen LogP contribution < -0.4 is 10.6 Å². The lowest BCUT2D eigenvalue weighted by molar-refractivity contribution is 0.0939. The lowest BCUT2D eigenvalue weighted by Crippen LogP contribution is -2.31. The Morgan fingerprint density at radius 3 is 2.86 bits per heavy atom. The Balaban J connectivity index is 2.00. The van der Waals surface area contributed by atoms with E-state index < -0.39 is 0 Å². The van der Waals surface area contributed by atoms with E-state index in [1.54, 1.807) is 12.4 Å². The highest BCUT2D eigenvalue weighted by atomic mass is 79.9. The topological polar surface area (TPSA) is 54.0 Å². The van der Waals surface area contributed by atoms with Crippen molar-refractivity contribution in [2.24, 2.45) is 0 Å². The van der Waals surface area contributed by atoms with Crippen molar-refractivity contribution in [2.45, 2.75) is 32.9 Å². The summed E-state index contributed by atoms with van der Waals surface area (Å²) in [7, 11) is 0. The van der Waals surface area contributed by atoms with Gasteiger partial charge in [-0.25, -0.2) is 0 Å². The molecule has 0 aliphatic heterocycles. The molecule has 0 fully saturated rings. The molecule has 0 bridgehead atoms. The van der Waals surface area contributed by atoms with E-state index in [0.717, 1.165) is 22.1 Å². The fraction of sp³-hybridized carbons (Fsp3) is 0.294. The number of nitrogens with zero attached hydrogens (tertiary/aromatic N) is 1. The molecule has 1 aromatic heterocycles. The molecule has 1 unspecified atom stereocenters. The molecule has 1 heterocycles. The van der Waals surface area contributed by atoms with Crippen LogP contribution in [0.4, 0.5) is 5.69 Å². The molecule has 1 amide bonds. The first-order valence-corrected chi connectivity index (χ1v) is 8.12. The Hall–Kier alpha value is -1.88. The van der Waals surface area contributed by atoms with Gasteiger partial charge in [0.1, 0.15) is 0 Å². The molecule has 5 heteroatoms. The van der Waals surface area contributed by atoms with Crippen molar-refractivity contribution in [2.75, 3.05) is 5.32 Å². The van der Waals surface area contributed by atoms with Gasteiger partial charge in [-0.15, -0.1) is 0 Å². The van der Waals surface area contributed by atoms with Crippen LogP contribution in [0.15, 0.2) is 47.2 Å². The molecule has 2 rings (SSSR count). The van der Waals surface area contributed by atoms with Gasteiger partial charge in [0.15, 0.2) is 0 Å². The summed E-state index contributed by atoms with van der Waals surface area (Å²) in [5.41, 5.74) is 2.67. The number of amides is 1. The van der Waals surface area contributed by atoms with Crippen molar-refractivity contribution in [3.8, 4) is 0 Å². The maximum absolute atomic E-state index is 12.1. The van der Waals surface area contributed by atoms with E-state index in [0.29, 0.717) is 12.1 Å². The predicted octanol–water partition coefficient (Wildman–Crippen LogP) is 3.98. The Kier molecular flexibility index (Phi) is 5.95. The van der Waals surface area contributed by atoms with Crippen LogP contribution in [0.1, 0.15) is 36.2 Å². The SMILES string of the molecule is CCC(C)NC(=O)c1cccc(CNc2cncc(Br)c2)c1. The van der Waals surface area contributed by atoms with E-state index in [9.17, 15) is 4.79 Å². The van der Waals surface area contributed by atoms with Crippen LogP contribution in [0.25, 0.3) is 0 Å². The highest BCUT2D eigenvalue weighted by Crippen LogP contribution is 2.15. The molecule has 0 saturated heterocycles. The van der Waals surface area contributed by atoms with Crippen LogP contribution in [-0.2, 0) is 6.54 Å². The summed E-state index contributed by atoms with van der Waals surface area (Å²) in [5, 5.41) is 6.27. The Morgan fingerprint density at radius 1 is 1.32 bits per heavy atom. The minimum Gasteiger partial charge on any atom is -0.380 e. The van der Waals surface area contributed by atoms with Gasteiger partial charge < -0.3 is 10.6 Å². The summed E-state index contributed by atoms with van der Waals surface area (Å²) in [5.74, 6) is -0.0275. The first kappa shape index (κ1) is 16.5. The van der Waals surface area contributed by atoms with Crippen LogP contribution >= 0.6 is 15.9 Å². The molecule has 1 aromatic carbocycles. The standard InChI is InChI=1S/C17H20BrN3O/c1-3-12(2)21-17(22)14-6-4-5-13(7-14)9-20-16-8-15(18)10-19-11-16/h4-8,10-12,20H,3,9H2,1-2H3,(H,21,22). The number of anilines is 1. The first-order chi connectivity index (χ1) is 10.6. The van der Waals surface area contributed by atoms with Gasteiger partial charge in [-0.3, -0.25) is 9.78 Å². The second-order valence-electron chi connectivity index (χ2n) is 5.23. The van der Waals surface area contributed by atoms with Crippen molar-refractivity contribution in [3.05, 3.63) is 58.3 Å². The van der Waals surface area contributed by atoms with E-state index in [-0.39, 0.29) is 11.9 Å². The number of carbonyl (C=O) groups is 1. The van der Waals surface area contributed by atoms with E-state index in [4.69, 9.17) is 0 Å². The first-order valence-electron chi connectivity index (χ1n) is 7.32. The quantitative estimate of drug-likeness (QED) is 0.817. The van der Waals surface area contributed by atoms with Gasteiger partial charge in [0.2, 0.25) is 0 Å². The summed E-state index contributed by atoms with van der Waals surface area (Å²) in [4.78, 5) is 16.2. The fourth-order valence-corrected chi connectivity index (χ4v) is 2.31. The molecule has 0 saturated carbocycles. The smallest absolute Gasteiger partial charge is 0.251 e. The molecule has 0 aliphatic rings. The van der Waals surface area contributed by atoms with E-state index in [2.05, 4.69) is 38.5 Å². The van der Waals surface area contributed by atoms with E-state index >= 15 is 0 Å².